The fourth-order valence-electron chi connectivity index (χ4n) is 0.912. The van der Waals surface area contributed by atoms with E-state index in [4.69, 9.17) is 14.2 Å². The van der Waals surface area contributed by atoms with E-state index in [9.17, 15) is 4.79 Å². The third-order valence-electron chi connectivity index (χ3n) is 1.67. The maximum absolute atomic E-state index is 11.3. The van der Waals surface area contributed by atoms with Gasteiger partial charge in [-0.25, -0.2) is 4.79 Å². The minimum absolute atomic E-state index is 0.275. The van der Waals surface area contributed by atoms with Crippen molar-refractivity contribution < 1.29 is 19.0 Å². The van der Waals surface area contributed by atoms with Crippen LogP contribution in [0.2, 0.25) is 0 Å². The lowest BCUT2D eigenvalue weighted by molar-refractivity contribution is 0.0375. The largest absolute Gasteiger partial charge is 0.447 e. The first-order chi connectivity index (χ1) is 7.34. The van der Waals surface area contributed by atoms with E-state index in [1.807, 2.05) is 5.41 Å². The number of methoxy groups -OCH3 is 1. The average Bonchev–Trinajstić information content (AvgIpc) is 2.76. The zero-order valence-electron chi connectivity index (χ0n) is 8.68. The molecular weight excluding hydrogens is 218 g/mol. The molecular formula is C9H15NO4S. The average molecular weight is 233 g/mol. The molecule has 0 spiro atoms. The summed E-state index contributed by atoms with van der Waals surface area (Å²) in [6.45, 7) is 1.75. The molecule has 0 aromatic heterocycles. The normalized spacial score (nSPS) is 14.6. The fourth-order valence-corrected chi connectivity index (χ4v) is 1.58. The Morgan fingerprint density at radius 1 is 1.40 bits per heavy atom. The van der Waals surface area contributed by atoms with Gasteiger partial charge in [-0.15, -0.1) is 11.8 Å². The molecule has 0 fully saturated rings. The second-order valence-electron chi connectivity index (χ2n) is 2.77. The second kappa shape index (κ2) is 7.56. The Hall–Kier alpha value is -0.720. The molecule has 0 aromatic rings. The van der Waals surface area contributed by atoms with Crippen molar-refractivity contribution in [3.05, 3.63) is 11.6 Å². The molecule has 1 aliphatic heterocycles. The molecule has 0 aliphatic carbocycles. The van der Waals surface area contributed by atoms with Gasteiger partial charge in [-0.3, -0.25) is 4.90 Å². The van der Waals surface area contributed by atoms with Gasteiger partial charge in [0, 0.05) is 13.3 Å². The maximum atomic E-state index is 11.3. The first kappa shape index (κ1) is 12.4. The van der Waals surface area contributed by atoms with Crippen molar-refractivity contribution in [1.29, 1.82) is 0 Å². The van der Waals surface area contributed by atoms with Crippen molar-refractivity contribution >= 4 is 17.9 Å². The number of thioether (sulfide) groups is 1. The van der Waals surface area contributed by atoms with E-state index in [1.165, 1.54) is 4.90 Å². The molecule has 6 heteroatoms. The Morgan fingerprint density at radius 2 is 2.20 bits per heavy atom. The molecule has 0 saturated carbocycles. The topological polar surface area (TPSA) is 48.0 Å². The fraction of sp³-hybridized carbons (Fsp3) is 0.667. The molecule has 0 atom stereocenters. The van der Waals surface area contributed by atoms with Crippen molar-refractivity contribution in [1.82, 2.24) is 4.90 Å². The summed E-state index contributed by atoms with van der Waals surface area (Å²) in [4.78, 5) is 12.8. The molecule has 86 valence electrons. The number of nitrogens with zero attached hydrogens (tertiary/aromatic N) is 1. The molecule has 0 radical (unpaired) electrons. The summed E-state index contributed by atoms with van der Waals surface area (Å²) < 4.78 is 14.9. The van der Waals surface area contributed by atoms with E-state index in [2.05, 4.69) is 0 Å². The third kappa shape index (κ3) is 5.06. The van der Waals surface area contributed by atoms with Crippen molar-refractivity contribution in [3.63, 3.8) is 0 Å². The Balaban J connectivity index is 1.95. The maximum Gasteiger partial charge on any atom is 0.414 e. The highest BCUT2D eigenvalue weighted by atomic mass is 32.2. The van der Waals surface area contributed by atoms with Crippen LogP contribution in [0.15, 0.2) is 11.6 Å². The van der Waals surface area contributed by atoms with Crippen molar-refractivity contribution in [2.24, 2.45) is 0 Å². The summed E-state index contributed by atoms with van der Waals surface area (Å²) in [5.74, 6) is 0.628. The molecule has 0 bridgehead atoms. The van der Waals surface area contributed by atoms with Crippen LogP contribution in [-0.2, 0) is 14.2 Å². The van der Waals surface area contributed by atoms with Gasteiger partial charge in [0.15, 0.2) is 0 Å². The van der Waals surface area contributed by atoms with Gasteiger partial charge in [-0.1, -0.05) is 0 Å². The summed E-state index contributed by atoms with van der Waals surface area (Å²) in [5.41, 5.74) is 0. The van der Waals surface area contributed by atoms with Crippen LogP contribution >= 0.6 is 11.8 Å². The summed E-state index contributed by atoms with van der Waals surface area (Å²) >= 11 is 1.56. The van der Waals surface area contributed by atoms with E-state index >= 15 is 0 Å². The van der Waals surface area contributed by atoms with Crippen LogP contribution in [-0.4, -0.2) is 50.4 Å². The lowest BCUT2D eigenvalue weighted by Crippen LogP contribution is -2.25. The van der Waals surface area contributed by atoms with Crippen molar-refractivity contribution in [2.45, 2.75) is 0 Å². The van der Waals surface area contributed by atoms with Gasteiger partial charge in [0.05, 0.1) is 25.7 Å². The van der Waals surface area contributed by atoms with E-state index in [-0.39, 0.29) is 12.7 Å². The van der Waals surface area contributed by atoms with Gasteiger partial charge < -0.3 is 14.2 Å². The molecule has 1 aliphatic rings. The van der Waals surface area contributed by atoms with Crippen molar-refractivity contribution in [2.75, 3.05) is 39.4 Å². The van der Waals surface area contributed by atoms with Gasteiger partial charge in [0.1, 0.15) is 6.61 Å². The van der Waals surface area contributed by atoms with Crippen LogP contribution in [0.1, 0.15) is 0 Å². The van der Waals surface area contributed by atoms with Gasteiger partial charge in [0.2, 0.25) is 0 Å². The van der Waals surface area contributed by atoms with Crippen molar-refractivity contribution in [3.8, 4) is 0 Å². The summed E-state index contributed by atoms with van der Waals surface area (Å²) in [7, 11) is 1.61. The van der Waals surface area contributed by atoms with Gasteiger partial charge in [-0.05, 0) is 5.41 Å². The van der Waals surface area contributed by atoms with Crippen LogP contribution in [0.5, 0.6) is 0 Å². The highest BCUT2D eigenvalue weighted by Crippen LogP contribution is 2.15. The molecule has 1 rings (SSSR count). The second-order valence-corrected chi connectivity index (χ2v) is 3.63. The van der Waals surface area contributed by atoms with E-state index in [1.54, 1.807) is 25.1 Å². The van der Waals surface area contributed by atoms with Crippen LogP contribution in [0.4, 0.5) is 4.79 Å². The number of rotatable bonds is 6. The summed E-state index contributed by atoms with van der Waals surface area (Å²) in [6, 6.07) is 0. The molecule has 5 nitrogen and oxygen atoms in total. The van der Waals surface area contributed by atoms with Gasteiger partial charge in [-0.2, -0.15) is 0 Å². The molecule has 0 unspecified atom stereocenters. The summed E-state index contributed by atoms with van der Waals surface area (Å²) in [5, 5.41) is 1.86. The van der Waals surface area contributed by atoms with E-state index in [0.717, 1.165) is 0 Å². The number of carbonyl (C=O) groups excluding carboxylic acids is 1. The summed E-state index contributed by atoms with van der Waals surface area (Å²) in [6.07, 6.45) is 1.38. The first-order valence-corrected chi connectivity index (χ1v) is 5.68. The number of carbonyl (C=O) groups is 1. The number of amides is 1. The Bertz CT molecular complexity index is 222. The van der Waals surface area contributed by atoms with E-state index in [0.29, 0.717) is 25.7 Å². The van der Waals surface area contributed by atoms with Crippen LogP contribution < -0.4 is 0 Å². The quantitative estimate of drug-likeness (QED) is 0.646. The number of hydrogen-bond acceptors (Lipinski definition) is 5. The molecule has 1 amide bonds. The highest BCUT2D eigenvalue weighted by Gasteiger charge is 2.14. The zero-order valence-corrected chi connectivity index (χ0v) is 9.50. The molecule has 0 N–H and O–H groups in total. The lowest BCUT2D eigenvalue weighted by atomic mass is 10.7. The van der Waals surface area contributed by atoms with Gasteiger partial charge in [0.25, 0.3) is 0 Å². The van der Waals surface area contributed by atoms with Crippen LogP contribution in [0.3, 0.4) is 0 Å². The monoisotopic (exact) mass is 233 g/mol. The van der Waals surface area contributed by atoms with E-state index < -0.39 is 0 Å². The Kier molecular flexibility index (Phi) is 6.22. The third-order valence-corrected chi connectivity index (χ3v) is 2.41. The van der Waals surface area contributed by atoms with Crippen LogP contribution in [0.25, 0.3) is 0 Å². The number of hydrogen-bond donors (Lipinski definition) is 0. The molecule has 1 heterocycles. The smallest absolute Gasteiger partial charge is 0.414 e. The highest BCUT2D eigenvalue weighted by molar-refractivity contribution is 8.02. The lowest BCUT2D eigenvalue weighted by Gasteiger charge is -2.12. The predicted molar refractivity (Wildman–Crippen MR) is 57.5 cm³/mol. The molecule has 0 aromatic carbocycles. The first-order valence-electron chi connectivity index (χ1n) is 4.63. The Morgan fingerprint density at radius 3 is 2.87 bits per heavy atom. The molecule has 15 heavy (non-hydrogen) atoms. The standard InChI is InChI=1S/C9H15NO4S/c1-12-3-4-13-5-6-14-9(11)10-2-7-15-8-10/h2,7H,3-6,8H2,1H3. The molecule has 0 saturated heterocycles. The van der Waals surface area contributed by atoms with Gasteiger partial charge >= 0.3 is 6.09 Å². The Labute approximate surface area is 93.3 Å². The minimum atomic E-state index is -0.327. The predicted octanol–water partition coefficient (Wildman–Crippen LogP) is 1.26. The SMILES string of the molecule is COCCOCCOC(=O)N1C=CSC1. The zero-order chi connectivity index (χ0) is 10.9. The van der Waals surface area contributed by atoms with Crippen LogP contribution in [0, 0.1) is 0 Å². The minimum Gasteiger partial charge on any atom is -0.447 e. The number of ether oxygens (including phenoxy) is 3.